The first-order valence-electron chi connectivity index (χ1n) is 6.22. The van der Waals surface area contributed by atoms with Crippen molar-refractivity contribution >= 4 is 0 Å². The van der Waals surface area contributed by atoms with E-state index in [-0.39, 0.29) is 5.41 Å². The molecule has 0 radical (unpaired) electrons. The van der Waals surface area contributed by atoms with Crippen molar-refractivity contribution in [3.8, 4) is 6.07 Å². The van der Waals surface area contributed by atoms with E-state index in [4.69, 9.17) is 0 Å². The Balaban J connectivity index is 2.00. The molecule has 1 heteroatoms. The van der Waals surface area contributed by atoms with Gasteiger partial charge in [-0.1, -0.05) is 32.6 Å². The molecule has 0 aliphatic heterocycles. The van der Waals surface area contributed by atoms with E-state index in [0.717, 1.165) is 11.8 Å². The summed E-state index contributed by atoms with van der Waals surface area (Å²) in [5.41, 5.74) is 0.119. The highest BCUT2D eigenvalue weighted by atomic mass is 14.5. The van der Waals surface area contributed by atoms with Crippen LogP contribution in [0, 0.1) is 28.6 Å². The fraction of sp³-hybridized carbons (Fsp3) is 0.923. The Morgan fingerprint density at radius 2 is 2.07 bits per heavy atom. The van der Waals surface area contributed by atoms with Crippen molar-refractivity contribution in [1.82, 2.24) is 0 Å². The van der Waals surface area contributed by atoms with Crippen LogP contribution < -0.4 is 0 Å². The fourth-order valence-corrected chi connectivity index (χ4v) is 3.33. The normalized spacial score (nSPS) is 35.7. The fourth-order valence-electron chi connectivity index (χ4n) is 3.33. The van der Waals surface area contributed by atoms with Gasteiger partial charge < -0.3 is 0 Å². The van der Waals surface area contributed by atoms with Crippen molar-refractivity contribution in [3.63, 3.8) is 0 Å². The zero-order chi connectivity index (χ0) is 10.0. The van der Waals surface area contributed by atoms with Crippen molar-refractivity contribution in [1.29, 1.82) is 5.26 Å². The van der Waals surface area contributed by atoms with Gasteiger partial charge in [0.1, 0.15) is 0 Å². The van der Waals surface area contributed by atoms with Crippen LogP contribution in [0.25, 0.3) is 0 Å². The SMILES string of the molecule is CCC1CCCC(C2(C#N)CCC2)C1. The minimum absolute atomic E-state index is 0.119. The summed E-state index contributed by atoms with van der Waals surface area (Å²) >= 11 is 0. The zero-order valence-electron chi connectivity index (χ0n) is 9.26. The van der Waals surface area contributed by atoms with Crippen molar-refractivity contribution in [2.45, 2.75) is 58.3 Å². The molecule has 0 aromatic rings. The number of nitriles is 1. The maximum absolute atomic E-state index is 9.30. The molecule has 2 rings (SSSR count). The van der Waals surface area contributed by atoms with Crippen LogP contribution in [0.5, 0.6) is 0 Å². The minimum Gasteiger partial charge on any atom is -0.198 e. The van der Waals surface area contributed by atoms with Gasteiger partial charge in [-0.05, 0) is 37.5 Å². The van der Waals surface area contributed by atoms with Gasteiger partial charge in [0.25, 0.3) is 0 Å². The third kappa shape index (κ3) is 1.56. The van der Waals surface area contributed by atoms with Crippen LogP contribution in [0.15, 0.2) is 0 Å². The summed E-state index contributed by atoms with van der Waals surface area (Å²) < 4.78 is 0. The molecule has 0 aromatic carbocycles. The minimum atomic E-state index is 0.119. The second-order valence-corrected chi connectivity index (χ2v) is 5.26. The van der Waals surface area contributed by atoms with Crippen molar-refractivity contribution in [2.75, 3.05) is 0 Å². The lowest BCUT2D eigenvalue weighted by Gasteiger charge is -2.45. The third-order valence-corrected chi connectivity index (χ3v) is 4.61. The first-order chi connectivity index (χ1) is 6.80. The summed E-state index contributed by atoms with van der Waals surface area (Å²) in [6, 6.07) is 2.63. The van der Waals surface area contributed by atoms with Gasteiger partial charge >= 0.3 is 0 Å². The van der Waals surface area contributed by atoms with Gasteiger partial charge in [-0.2, -0.15) is 5.26 Å². The van der Waals surface area contributed by atoms with E-state index in [2.05, 4.69) is 13.0 Å². The average Bonchev–Trinajstić information content (AvgIpc) is 2.18. The molecule has 0 amide bonds. The van der Waals surface area contributed by atoms with Crippen LogP contribution in [0.3, 0.4) is 0 Å². The maximum Gasteiger partial charge on any atom is 0.0692 e. The molecule has 78 valence electrons. The van der Waals surface area contributed by atoms with Gasteiger partial charge in [-0.25, -0.2) is 0 Å². The summed E-state index contributed by atoms with van der Waals surface area (Å²) in [5, 5.41) is 9.30. The molecule has 1 nitrogen and oxygen atoms in total. The molecule has 2 unspecified atom stereocenters. The van der Waals surface area contributed by atoms with Crippen molar-refractivity contribution < 1.29 is 0 Å². The second kappa shape index (κ2) is 3.93. The molecule has 14 heavy (non-hydrogen) atoms. The zero-order valence-corrected chi connectivity index (χ0v) is 9.26. The van der Waals surface area contributed by atoms with Crippen LogP contribution in [-0.2, 0) is 0 Å². The summed E-state index contributed by atoms with van der Waals surface area (Å²) in [5.74, 6) is 1.65. The van der Waals surface area contributed by atoms with E-state index in [1.54, 1.807) is 0 Å². The molecule has 2 atom stereocenters. The van der Waals surface area contributed by atoms with Crippen LogP contribution in [0.1, 0.15) is 58.3 Å². The van der Waals surface area contributed by atoms with Crippen molar-refractivity contribution in [3.05, 3.63) is 0 Å². The van der Waals surface area contributed by atoms with Crippen LogP contribution in [-0.4, -0.2) is 0 Å². The molecule has 0 saturated heterocycles. The molecule has 0 bridgehead atoms. The van der Waals surface area contributed by atoms with E-state index in [0.29, 0.717) is 0 Å². The molecule has 0 spiro atoms. The van der Waals surface area contributed by atoms with Crippen LogP contribution >= 0.6 is 0 Å². The monoisotopic (exact) mass is 191 g/mol. The van der Waals surface area contributed by atoms with Gasteiger partial charge in [0.05, 0.1) is 11.5 Å². The highest BCUT2D eigenvalue weighted by Gasteiger charge is 2.45. The lowest BCUT2D eigenvalue weighted by atomic mass is 9.57. The number of hydrogen-bond donors (Lipinski definition) is 0. The molecular formula is C13H21N. The first kappa shape index (κ1) is 10.0. The lowest BCUT2D eigenvalue weighted by molar-refractivity contribution is 0.0658. The van der Waals surface area contributed by atoms with E-state index in [1.807, 2.05) is 0 Å². The Morgan fingerprint density at radius 1 is 1.29 bits per heavy atom. The standard InChI is InChI=1S/C13H21N/c1-2-11-5-3-6-12(9-11)13(10-14)7-4-8-13/h11-12H,2-9H2,1H3. The van der Waals surface area contributed by atoms with Gasteiger partial charge in [0, 0.05) is 0 Å². The number of nitrogens with zero attached hydrogens (tertiary/aromatic N) is 1. The van der Waals surface area contributed by atoms with E-state index < -0.39 is 0 Å². The Morgan fingerprint density at radius 3 is 2.57 bits per heavy atom. The summed E-state index contributed by atoms with van der Waals surface area (Å²) in [4.78, 5) is 0. The molecule has 0 N–H and O–H groups in total. The highest BCUT2D eigenvalue weighted by molar-refractivity contribution is 5.08. The Hall–Kier alpha value is -0.510. The van der Waals surface area contributed by atoms with Crippen LogP contribution in [0.4, 0.5) is 0 Å². The largest absolute Gasteiger partial charge is 0.198 e. The number of hydrogen-bond acceptors (Lipinski definition) is 1. The molecule has 0 aromatic heterocycles. The van der Waals surface area contributed by atoms with Gasteiger partial charge in [0.2, 0.25) is 0 Å². The van der Waals surface area contributed by atoms with Gasteiger partial charge in [-0.3, -0.25) is 0 Å². The Labute approximate surface area is 87.5 Å². The maximum atomic E-state index is 9.30. The lowest BCUT2D eigenvalue weighted by Crippen LogP contribution is -2.38. The topological polar surface area (TPSA) is 23.8 Å². The highest BCUT2D eigenvalue weighted by Crippen LogP contribution is 2.52. The molecule has 2 aliphatic rings. The first-order valence-corrected chi connectivity index (χ1v) is 6.22. The number of rotatable bonds is 2. The predicted molar refractivity (Wildman–Crippen MR) is 57.6 cm³/mol. The molecule has 2 fully saturated rings. The molecule has 2 saturated carbocycles. The van der Waals surface area contributed by atoms with Gasteiger partial charge in [-0.15, -0.1) is 0 Å². The Kier molecular flexibility index (Phi) is 2.81. The average molecular weight is 191 g/mol. The van der Waals surface area contributed by atoms with E-state index in [1.165, 1.54) is 51.4 Å². The molecule has 2 aliphatic carbocycles. The van der Waals surface area contributed by atoms with Gasteiger partial charge in [0.15, 0.2) is 0 Å². The smallest absolute Gasteiger partial charge is 0.0692 e. The van der Waals surface area contributed by atoms with Crippen molar-refractivity contribution in [2.24, 2.45) is 17.3 Å². The summed E-state index contributed by atoms with van der Waals surface area (Å²) in [6.07, 6.45) is 10.4. The van der Waals surface area contributed by atoms with E-state index >= 15 is 0 Å². The summed E-state index contributed by atoms with van der Waals surface area (Å²) in [6.45, 7) is 2.30. The summed E-state index contributed by atoms with van der Waals surface area (Å²) in [7, 11) is 0. The predicted octanol–water partition coefficient (Wildman–Crippen LogP) is 3.90. The Bertz CT molecular complexity index is 234. The second-order valence-electron chi connectivity index (χ2n) is 5.26. The molecule has 0 heterocycles. The molecular weight excluding hydrogens is 170 g/mol. The quantitative estimate of drug-likeness (QED) is 0.649. The van der Waals surface area contributed by atoms with E-state index in [9.17, 15) is 5.26 Å². The van der Waals surface area contributed by atoms with Crippen LogP contribution in [0.2, 0.25) is 0 Å². The third-order valence-electron chi connectivity index (χ3n) is 4.61.